The molecule has 0 atom stereocenters. The summed E-state index contributed by atoms with van der Waals surface area (Å²) < 4.78 is 1.52. The number of rotatable bonds is 2. The number of fused-ring (bicyclic) bond motifs is 1. The number of hydrogen-bond acceptors (Lipinski definition) is 4. The van der Waals surface area contributed by atoms with E-state index >= 15 is 0 Å². The summed E-state index contributed by atoms with van der Waals surface area (Å²) in [4.78, 5) is 17.3. The van der Waals surface area contributed by atoms with Crippen LogP contribution in [0, 0.1) is 6.92 Å². The second-order valence-corrected chi connectivity index (χ2v) is 5.78. The standard InChI is InChI=1S/C12H8Cl2N4OS/c1-6-10(18-12(16-6)20-5-15-18)11(19)17-9-3-7(13)2-8(14)4-9/h2-5H,1H3,(H,17,19). The third-order valence-electron chi connectivity index (χ3n) is 2.66. The van der Waals surface area contributed by atoms with Gasteiger partial charge < -0.3 is 5.32 Å². The summed E-state index contributed by atoms with van der Waals surface area (Å²) in [6.45, 7) is 1.77. The first-order valence-corrected chi connectivity index (χ1v) is 7.24. The van der Waals surface area contributed by atoms with Crippen molar-refractivity contribution in [3.05, 3.63) is 45.1 Å². The number of imidazole rings is 1. The largest absolute Gasteiger partial charge is 0.320 e. The highest BCUT2D eigenvalue weighted by Crippen LogP contribution is 2.23. The molecular formula is C12H8Cl2N4OS. The quantitative estimate of drug-likeness (QED) is 0.781. The van der Waals surface area contributed by atoms with E-state index in [1.807, 2.05) is 0 Å². The van der Waals surface area contributed by atoms with Crippen LogP contribution in [0.25, 0.3) is 4.96 Å². The van der Waals surface area contributed by atoms with Crippen LogP contribution in [0.15, 0.2) is 23.7 Å². The van der Waals surface area contributed by atoms with Gasteiger partial charge in [-0.15, -0.1) is 0 Å². The summed E-state index contributed by atoms with van der Waals surface area (Å²) in [6, 6.07) is 4.85. The Balaban J connectivity index is 1.96. The maximum absolute atomic E-state index is 12.3. The first-order valence-electron chi connectivity index (χ1n) is 5.61. The van der Waals surface area contributed by atoms with E-state index in [0.29, 0.717) is 32.1 Å². The molecule has 0 aliphatic rings. The minimum Gasteiger partial charge on any atom is -0.320 e. The van der Waals surface area contributed by atoms with Crippen molar-refractivity contribution in [3.8, 4) is 0 Å². The molecule has 5 nitrogen and oxygen atoms in total. The minimum absolute atomic E-state index is 0.306. The van der Waals surface area contributed by atoms with Gasteiger partial charge in [0, 0.05) is 15.7 Å². The summed E-state index contributed by atoms with van der Waals surface area (Å²) in [5, 5.41) is 7.75. The summed E-state index contributed by atoms with van der Waals surface area (Å²) in [6.07, 6.45) is 0. The Morgan fingerprint density at radius 1 is 1.30 bits per heavy atom. The minimum atomic E-state index is -0.306. The summed E-state index contributed by atoms with van der Waals surface area (Å²) in [5.74, 6) is -0.306. The Hall–Kier alpha value is -1.63. The molecule has 1 N–H and O–H groups in total. The van der Waals surface area contributed by atoms with Crippen LogP contribution in [0.2, 0.25) is 10.0 Å². The van der Waals surface area contributed by atoms with Gasteiger partial charge in [-0.1, -0.05) is 34.5 Å². The van der Waals surface area contributed by atoms with Crippen molar-refractivity contribution in [1.82, 2.24) is 14.6 Å². The predicted octanol–water partition coefficient (Wildman–Crippen LogP) is 3.66. The average molecular weight is 327 g/mol. The molecule has 0 unspecified atom stereocenters. The molecule has 0 saturated heterocycles. The molecule has 0 spiro atoms. The number of aromatic nitrogens is 3. The van der Waals surface area contributed by atoms with Gasteiger partial charge in [0.05, 0.1) is 5.69 Å². The zero-order valence-electron chi connectivity index (χ0n) is 10.2. The monoisotopic (exact) mass is 326 g/mol. The van der Waals surface area contributed by atoms with Crippen LogP contribution in [0.3, 0.4) is 0 Å². The summed E-state index contributed by atoms with van der Waals surface area (Å²) >= 11 is 13.2. The Morgan fingerprint density at radius 3 is 2.70 bits per heavy atom. The smallest absolute Gasteiger partial charge is 0.276 e. The molecule has 0 aliphatic heterocycles. The Kier molecular flexibility index (Phi) is 3.37. The van der Waals surface area contributed by atoms with Crippen molar-refractivity contribution in [2.24, 2.45) is 0 Å². The number of halogens is 2. The number of amides is 1. The topological polar surface area (TPSA) is 59.3 Å². The molecule has 0 aliphatic carbocycles. The highest BCUT2D eigenvalue weighted by Gasteiger charge is 2.18. The zero-order valence-corrected chi connectivity index (χ0v) is 12.6. The van der Waals surface area contributed by atoms with Crippen molar-refractivity contribution in [3.63, 3.8) is 0 Å². The molecule has 8 heteroatoms. The van der Waals surface area contributed by atoms with E-state index in [9.17, 15) is 4.79 Å². The lowest BCUT2D eigenvalue weighted by Crippen LogP contribution is -2.16. The van der Waals surface area contributed by atoms with Crippen LogP contribution < -0.4 is 5.32 Å². The number of benzene rings is 1. The summed E-state index contributed by atoms with van der Waals surface area (Å²) in [5.41, 5.74) is 3.18. The Labute approximate surface area is 128 Å². The van der Waals surface area contributed by atoms with Crippen LogP contribution in [0.1, 0.15) is 16.2 Å². The zero-order chi connectivity index (χ0) is 14.3. The first kappa shape index (κ1) is 13.4. The lowest BCUT2D eigenvalue weighted by Gasteiger charge is -2.06. The van der Waals surface area contributed by atoms with Gasteiger partial charge in [-0.2, -0.15) is 9.61 Å². The lowest BCUT2D eigenvalue weighted by atomic mass is 10.3. The second kappa shape index (κ2) is 5.05. The highest BCUT2D eigenvalue weighted by atomic mass is 35.5. The van der Waals surface area contributed by atoms with Gasteiger partial charge in [0.1, 0.15) is 5.51 Å². The van der Waals surface area contributed by atoms with Crippen molar-refractivity contribution in [2.75, 3.05) is 5.32 Å². The molecule has 3 aromatic rings. The third-order valence-corrected chi connectivity index (χ3v) is 3.77. The summed E-state index contributed by atoms with van der Waals surface area (Å²) in [7, 11) is 0. The molecule has 0 radical (unpaired) electrons. The van der Waals surface area contributed by atoms with E-state index < -0.39 is 0 Å². The highest BCUT2D eigenvalue weighted by molar-refractivity contribution is 7.14. The number of carbonyl (C=O) groups is 1. The number of nitrogens with one attached hydrogen (secondary N) is 1. The van der Waals surface area contributed by atoms with E-state index in [4.69, 9.17) is 23.2 Å². The van der Waals surface area contributed by atoms with Crippen molar-refractivity contribution < 1.29 is 4.79 Å². The van der Waals surface area contributed by atoms with Gasteiger partial charge >= 0.3 is 0 Å². The van der Waals surface area contributed by atoms with Gasteiger partial charge in [0.25, 0.3) is 5.91 Å². The number of nitrogens with zero attached hydrogens (tertiary/aromatic N) is 3. The van der Waals surface area contributed by atoms with Crippen LogP contribution in [0.4, 0.5) is 5.69 Å². The van der Waals surface area contributed by atoms with E-state index in [1.54, 1.807) is 30.6 Å². The van der Waals surface area contributed by atoms with Gasteiger partial charge in [-0.3, -0.25) is 4.79 Å². The van der Waals surface area contributed by atoms with Crippen LogP contribution in [-0.2, 0) is 0 Å². The van der Waals surface area contributed by atoms with Crippen LogP contribution >= 0.6 is 34.5 Å². The van der Waals surface area contributed by atoms with Gasteiger partial charge in [0.15, 0.2) is 5.69 Å². The third kappa shape index (κ3) is 2.37. The van der Waals surface area contributed by atoms with Gasteiger partial charge in [0.2, 0.25) is 4.96 Å². The van der Waals surface area contributed by atoms with E-state index in [2.05, 4.69) is 15.4 Å². The molecule has 0 saturated carbocycles. The van der Waals surface area contributed by atoms with Gasteiger partial charge in [-0.05, 0) is 25.1 Å². The van der Waals surface area contributed by atoms with E-state index in [0.717, 1.165) is 0 Å². The fourth-order valence-corrected chi connectivity index (χ4v) is 3.06. The second-order valence-electron chi connectivity index (χ2n) is 4.09. The lowest BCUT2D eigenvalue weighted by molar-refractivity contribution is 0.102. The SMILES string of the molecule is Cc1nc2scnn2c1C(=O)Nc1cc(Cl)cc(Cl)c1. The molecule has 1 aromatic carbocycles. The van der Waals surface area contributed by atoms with Crippen molar-refractivity contribution in [2.45, 2.75) is 6.92 Å². The molecule has 2 heterocycles. The first-order chi connectivity index (χ1) is 9.54. The maximum atomic E-state index is 12.3. The molecule has 0 fully saturated rings. The normalized spacial score (nSPS) is 10.9. The molecule has 2 aromatic heterocycles. The fraction of sp³-hybridized carbons (Fsp3) is 0.0833. The molecule has 0 bridgehead atoms. The van der Waals surface area contributed by atoms with Crippen molar-refractivity contribution in [1.29, 1.82) is 0 Å². The fourth-order valence-electron chi connectivity index (χ4n) is 1.87. The van der Waals surface area contributed by atoms with Crippen molar-refractivity contribution >= 4 is 51.1 Å². The van der Waals surface area contributed by atoms with E-state index in [1.165, 1.54) is 15.9 Å². The number of carbonyl (C=O) groups excluding carboxylic acids is 1. The molecule has 3 rings (SSSR count). The van der Waals surface area contributed by atoms with E-state index in [-0.39, 0.29) is 5.91 Å². The van der Waals surface area contributed by atoms with Crippen LogP contribution in [-0.4, -0.2) is 20.5 Å². The maximum Gasteiger partial charge on any atom is 0.276 e. The number of aryl methyl sites for hydroxylation is 1. The molecule has 20 heavy (non-hydrogen) atoms. The Bertz CT molecular complexity index is 791. The number of anilines is 1. The molecule has 102 valence electrons. The average Bonchev–Trinajstić information content (AvgIpc) is 2.86. The molecule has 1 amide bonds. The molecular weight excluding hydrogens is 319 g/mol. The number of hydrogen-bond donors (Lipinski definition) is 1. The van der Waals surface area contributed by atoms with Crippen LogP contribution in [0.5, 0.6) is 0 Å². The predicted molar refractivity (Wildman–Crippen MR) is 80.0 cm³/mol. The van der Waals surface area contributed by atoms with Gasteiger partial charge in [-0.25, -0.2) is 4.98 Å². The Morgan fingerprint density at radius 2 is 2.00 bits per heavy atom.